The summed E-state index contributed by atoms with van der Waals surface area (Å²) in [6.07, 6.45) is 0.778. The van der Waals surface area contributed by atoms with E-state index in [1.807, 2.05) is 30.3 Å². The Hall–Kier alpha value is -1.39. The van der Waals surface area contributed by atoms with Crippen molar-refractivity contribution in [2.75, 3.05) is 13.1 Å². The molecule has 0 aromatic heterocycles. The standard InChI is InChI=1S/C12H17N3O/c13-10-6-7-15(8-11(10)14)12(16)9-4-2-1-3-5-9/h1-5,10-11H,6-8,13-14H2. The molecule has 0 aliphatic carbocycles. The third-order valence-corrected chi connectivity index (χ3v) is 3.02. The van der Waals surface area contributed by atoms with E-state index in [1.54, 1.807) is 4.90 Å². The molecule has 1 saturated heterocycles. The van der Waals surface area contributed by atoms with Crippen molar-refractivity contribution in [1.82, 2.24) is 4.90 Å². The fourth-order valence-corrected chi connectivity index (χ4v) is 1.95. The van der Waals surface area contributed by atoms with E-state index in [0.717, 1.165) is 6.42 Å². The summed E-state index contributed by atoms with van der Waals surface area (Å²) >= 11 is 0. The van der Waals surface area contributed by atoms with Crippen LogP contribution in [-0.2, 0) is 0 Å². The lowest BCUT2D eigenvalue weighted by Crippen LogP contribution is -2.56. The predicted octanol–water partition coefficient (Wildman–Crippen LogP) is 0.187. The Kier molecular flexibility index (Phi) is 3.22. The van der Waals surface area contributed by atoms with Crippen LogP contribution in [-0.4, -0.2) is 36.0 Å². The average Bonchev–Trinajstić information content (AvgIpc) is 2.33. The van der Waals surface area contributed by atoms with Gasteiger partial charge in [0.15, 0.2) is 0 Å². The van der Waals surface area contributed by atoms with Crippen LogP contribution in [0.4, 0.5) is 0 Å². The van der Waals surface area contributed by atoms with Gasteiger partial charge in [-0.2, -0.15) is 0 Å². The maximum Gasteiger partial charge on any atom is 0.253 e. The molecule has 4 N–H and O–H groups in total. The smallest absolute Gasteiger partial charge is 0.253 e. The lowest BCUT2D eigenvalue weighted by Gasteiger charge is -2.34. The Morgan fingerprint density at radius 1 is 1.19 bits per heavy atom. The summed E-state index contributed by atoms with van der Waals surface area (Å²) in [4.78, 5) is 13.9. The van der Waals surface area contributed by atoms with Crippen LogP contribution in [0.5, 0.6) is 0 Å². The number of benzene rings is 1. The van der Waals surface area contributed by atoms with Gasteiger partial charge in [-0.05, 0) is 18.6 Å². The zero-order valence-corrected chi connectivity index (χ0v) is 9.17. The van der Waals surface area contributed by atoms with Crippen LogP contribution in [0.1, 0.15) is 16.8 Å². The molecule has 1 aliphatic heterocycles. The highest BCUT2D eigenvalue weighted by atomic mass is 16.2. The van der Waals surface area contributed by atoms with Crippen LogP contribution >= 0.6 is 0 Å². The summed E-state index contributed by atoms with van der Waals surface area (Å²) in [7, 11) is 0. The number of nitrogens with two attached hydrogens (primary N) is 2. The third kappa shape index (κ3) is 2.23. The molecule has 2 unspecified atom stereocenters. The van der Waals surface area contributed by atoms with Gasteiger partial charge in [-0.15, -0.1) is 0 Å². The molecule has 1 aromatic rings. The summed E-state index contributed by atoms with van der Waals surface area (Å²) in [6.45, 7) is 1.25. The molecule has 0 saturated carbocycles. The van der Waals surface area contributed by atoms with Crippen LogP contribution < -0.4 is 11.5 Å². The fourth-order valence-electron chi connectivity index (χ4n) is 1.95. The first-order valence-corrected chi connectivity index (χ1v) is 5.54. The Balaban J connectivity index is 2.06. The number of hydrogen-bond donors (Lipinski definition) is 2. The Morgan fingerprint density at radius 3 is 2.50 bits per heavy atom. The molecule has 0 bridgehead atoms. The van der Waals surface area contributed by atoms with Crippen LogP contribution in [0.3, 0.4) is 0 Å². The monoisotopic (exact) mass is 219 g/mol. The van der Waals surface area contributed by atoms with Crippen LogP contribution in [0.15, 0.2) is 30.3 Å². The second-order valence-corrected chi connectivity index (χ2v) is 4.23. The molecule has 4 nitrogen and oxygen atoms in total. The molecule has 1 amide bonds. The molecular weight excluding hydrogens is 202 g/mol. The summed E-state index contributed by atoms with van der Waals surface area (Å²) < 4.78 is 0. The first-order valence-electron chi connectivity index (χ1n) is 5.54. The minimum Gasteiger partial charge on any atom is -0.337 e. The van der Waals surface area contributed by atoms with Crippen LogP contribution in [0.2, 0.25) is 0 Å². The topological polar surface area (TPSA) is 72.3 Å². The van der Waals surface area contributed by atoms with Crippen molar-refractivity contribution in [1.29, 1.82) is 0 Å². The lowest BCUT2D eigenvalue weighted by atomic mass is 10.0. The SMILES string of the molecule is NC1CCN(C(=O)c2ccccc2)CC1N. The number of likely N-dealkylation sites (tertiary alicyclic amines) is 1. The third-order valence-electron chi connectivity index (χ3n) is 3.02. The molecule has 0 spiro atoms. The zero-order chi connectivity index (χ0) is 11.5. The minimum absolute atomic E-state index is 0.0137. The predicted molar refractivity (Wildman–Crippen MR) is 62.9 cm³/mol. The largest absolute Gasteiger partial charge is 0.337 e. The number of nitrogens with zero attached hydrogens (tertiary/aromatic N) is 1. The van der Waals surface area contributed by atoms with E-state index in [-0.39, 0.29) is 18.0 Å². The summed E-state index contributed by atoms with van der Waals surface area (Å²) in [5.74, 6) is 0.0444. The van der Waals surface area contributed by atoms with Gasteiger partial charge in [0, 0.05) is 30.7 Å². The van der Waals surface area contributed by atoms with Crippen LogP contribution in [0, 0.1) is 0 Å². The van der Waals surface area contributed by atoms with Crippen molar-refractivity contribution < 1.29 is 4.79 Å². The molecule has 1 heterocycles. The van der Waals surface area contributed by atoms with Gasteiger partial charge in [-0.1, -0.05) is 18.2 Å². The highest BCUT2D eigenvalue weighted by molar-refractivity contribution is 5.94. The second kappa shape index (κ2) is 4.63. The number of piperidine rings is 1. The number of rotatable bonds is 1. The van der Waals surface area contributed by atoms with Crippen molar-refractivity contribution in [3.8, 4) is 0 Å². The Labute approximate surface area is 95.2 Å². The number of carbonyl (C=O) groups is 1. The average molecular weight is 219 g/mol. The second-order valence-electron chi connectivity index (χ2n) is 4.23. The van der Waals surface area contributed by atoms with E-state index >= 15 is 0 Å². The Bertz CT molecular complexity index is 366. The number of hydrogen-bond acceptors (Lipinski definition) is 3. The number of amides is 1. The number of carbonyl (C=O) groups excluding carboxylic acids is 1. The fraction of sp³-hybridized carbons (Fsp3) is 0.417. The van der Waals surface area contributed by atoms with Gasteiger partial charge in [0.1, 0.15) is 0 Å². The van der Waals surface area contributed by atoms with Crippen molar-refractivity contribution in [2.24, 2.45) is 11.5 Å². The molecule has 2 atom stereocenters. The highest BCUT2D eigenvalue weighted by Crippen LogP contribution is 2.12. The first kappa shape index (κ1) is 11.1. The van der Waals surface area contributed by atoms with E-state index in [2.05, 4.69) is 0 Å². The van der Waals surface area contributed by atoms with Gasteiger partial charge in [0.05, 0.1) is 0 Å². The summed E-state index contributed by atoms with van der Waals surface area (Å²) in [5.41, 5.74) is 12.4. The molecule has 4 heteroatoms. The van der Waals surface area contributed by atoms with Gasteiger partial charge in [0.25, 0.3) is 5.91 Å². The minimum atomic E-state index is -0.110. The normalized spacial score (nSPS) is 25.5. The summed E-state index contributed by atoms with van der Waals surface area (Å²) in [6, 6.07) is 9.17. The molecule has 2 rings (SSSR count). The van der Waals surface area contributed by atoms with Crippen molar-refractivity contribution in [3.63, 3.8) is 0 Å². The highest BCUT2D eigenvalue weighted by Gasteiger charge is 2.26. The van der Waals surface area contributed by atoms with Gasteiger partial charge >= 0.3 is 0 Å². The summed E-state index contributed by atoms with van der Waals surface area (Å²) in [5, 5.41) is 0. The molecule has 1 aliphatic rings. The maximum atomic E-state index is 12.1. The van der Waals surface area contributed by atoms with E-state index in [4.69, 9.17) is 11.5 Å². The van der Waals surface area contributed by atoms with E-state index in [0.29, 0.717) is 18.7 Å². The lowest BCUT2D eigenvalue weighted by molar-refractivity contribution is 0.0696. The Morgan fingerprint density at radius 2 is 1.88 bits per heavy atom. The van der Waals surface area contributed by atoms with E-state index in [9.17, 15) is 4.79 Å². The van der Waals surface area contributed by atoms with E-state index < -0.39 is 0 Å². The molecule has 1 aromatic carbocycles. The van der Waals surface area contributed by atoms with Gasteiger partial charge in [-0.3, -0.25) is 4.79 Å². The first-order chi connectivity index (χ1) is 7.68. The van der Waals surface area contributed by atoms with Gasteiger partial charge in [-0.25, -0.2) is 0 Å². The van der Waals surface area contributed by atoms with Crippen LogP contribution in [0.25, 0.3) is 0 Å². The molecule has 1 fully saturated rings. The van der Waals surface area contributed by atoms with Crippen molar-refractivity contribution in [3.05, 3.63) is 35.9 Å². The molecule has 86 valence electrons. The molecule has 0 radical (unpaired) electrons. The molecule has 16 heavy (non-hydrogen) atoms. The maximum absolute atomic E-state index is 12.1. The van der Waals surface area contributed by atoms with Gasteiger partial charge < -0.3 is 16.4 Å². The quantitative estimate of drug-likeness (QED) is 0.708. The van der Waals surface area contributed by atoms with Gasteiger partial charge in [0.2, 0.25) is 0 Å². The zero-order valence-electron chi connectivity index (χ0n) is 9.17. The van der Waals surface area contributed by atoms with Crippen molar-refractivity contribution >= 4 is 5.91 Å². The van der Waals surface area contributed by atoms with Crippen molar-refractivity contribution in [2.45, 2.75) is 18.5 Å². The van der Waals surface area contributed by atoms with E-state index in [1.165, 1.54) is 0 Å². The molecular formula is C12H17N3O.